The Morgan fingerprint density at radius 1 is 0.727 bits per heavy atom. The van der Waals surface area contributed by atoms with Crippen molar-refractivity contribution in [2.45, 2.75) is 52.2 Å². The van der Waals surface area contributed by atoms with Crippen molar-refractivity contribution in [3.8, 4) is 0 Å². The van der Waals surface area contributed by atoms with Crippen LogP contribution in [0.25, 0.3) is 0 Å². The van der Waals surface area contributed by atoms with Gasteiger partial charge < -0.3 is 0 Å². The van der Waals surface area contributed by atoms with Gasteiger partial charge in [-0.1, -0.05) is 61.5 Å². The van der Waals surface area contributed by atoms with Gasteiger partial charge in [0, 0.05) is 0 Å². The van der Waals surface area contributed by atoms with Crippen LogP contribution >= 0.6 is 0 Å². The fourth-order valence-electron chi connectivity index (χ4n) is 2.31. The Morgan fingerprint density at radius 3 is 1.86 bits per heavy atom. The van der Waals surface area contributed by atoms with E-state index in [1.807, 2.05) is 58.0 Å². The first-order valence-corrected chi connectivity index (χ1v) is 7.87. The maximum Gasteiger partial charge on any atom is 0.123 e. The molecule has 2 nitrogen and oxygen atoms in total. The third-order valence-corrected chi connectivity index (χ3v) is 3.96. The van der Waals surface area contributed by atoms with Gasteiger partial charge in [0.2, 0.25) is 0 Å². The van der Waals surface area contributed by atoms with E-state index < -0.39 is 11.2 Å². The largest absolute Gasteiger partial charge is 0.225 e. The van der Waals surface area contributed by atoms with Gasteiger partial charge in [0.15, 0.2) is 0 Å². The van der Waals surface area contributed by atoms with E-state index in [0.29, 0.717) is 0 Å². The quantitative estimate of drug-likeness (QED) is 0.527. The maximum atomic E-state index is 5.83. The average molecular weight is 298 g/mol. The molecule has 0 N–H and O–H groups in total. The van der Waals surface area contributed by atoms with E-state index in [2.05, 4.69) is 31.2 Å². The van der Waals surface area contributed by atoms with E-state index in [0.717, 1.165) is 17.5 Å². The lowest BCUT2D eigenvalue weighted by atomic mass is 9.96. The smallest absolute Gasteiger partial charge is 0.123 e. The standard InChI is InChI=1S/C20H26O2/c1-6-16-11-10-14-18(15-16)20(4,5)22-21-19(2,3)17-12-8-7-9-13-17/h7-15H,6H2,1-5H3. The Labute approximate surface area is 134 Å². The van der Waals surface area contributed by atoms with Crippen molar-refractivity contribution < 1.29 is 9.78 Å². The minimum atomic E-state index is -0.503. The molecule has 0 spiro atoms. The minimum absolute atomic E-state index is 0.499. The minimum Gasteiger partial charge on any atom is -0.225 e. The summed E-state index contributed by atoms with van der Waals surface area (Å²) in [6, 6.07) is 18.6. The van der Waals surface area contributed by atoms with Crippen LogP contribution in [0.2, 0.25) is 0 Å². The molecule has 2 heteroatoms. The highest BCUT2D eigenvalue weighted by atomic mass is 17.2. The lowest BCUT2D eigenvalue weighted by Gasteiger charge is -2.31. The molecule has 2 aromatic rings. The first kappa shape index (κ1) is 16.7. The van der Waals surface area contributed by atoms with Gasteiger partial charge in [-0.05, 0) is 50.8 Å². The first-order valence-electron chi connectivity index (χ1n) is 7.87. The molecule has 0 aliphatic heterocycles. The molecule has 0 bridgehead atoms. The van der Waals surface area contributed by atoms with Crippen molar-refractivity contribution in [1.82, 2.24) is 0 Å². The van der Waals surface area contributed by atoms with E-state index >= 15 is 0 Å². The summed E-state index contributed by atoms with van der Waals surface area (Å²) in [5, 5.41) is 0. The average Bonchev–Trinajstić information content (AvgIpc) is 2.54. The van der Waals surface area contributed by atoms with Crippen LogP contribution in [-0.4, -0.2) is 0 Å². The third-order valence-electron chi connectivity index (χ3n) is 3.96. The topological polar surface area (TPSA) is 18.5 Å². The lowest BCUT2D eigenvalue weighted by molar-refractivity contribution is -0.410. The Hall–Kier alpha value is -1.64. The Kier molecular flexibility index (Phi) is 5.05. The number of hydrogen-bond acceptors (Lipinski definition) is 2. The number of rotatable bonds is 6. The van der Waals surface area contributed by atoms with Gasteiger partial charge in [0.1, 0.15) is 11.2 Å². The number of hydrogen-bond donors (Lipinski definition) is 0. The molecular weight excluding hydrogens is 272 g/mol. The van der Waals surface area contributed by atoms with Gasteiger partial charge in [-0.3, -0.25) is 0 Å². The first-order chi connectivity index (χ1) is 10.3. The second-order valence-corrected chi connectivity index (χ2v) is 6.61. The van der Waals surface area contributed by atoms with Gasteiger partial charge in [-0.2, -0.15) is 0 Å². The second-order valence-electron chi connectivity index (χ2n) is 6.61. The highest BCUT2D eigenvalue weighted by molar-refractivity contribution is 5.27. The summed E-state index contributed by atoms with van der Waals surface area (Å²) < 4.78 is 0. The van der Waals surface area contributed by atoms with E-state index in [-0.39, 0.29) is 0 Å². The fourth-order valence-corrected chi connectivity index (χ4v) is 2.31. The molecule has 0 aliphatic rings. The molecule has 0 aliphatic carbocycles. The summed E-state index contributed by atoms with van der Waals surface area (Å²) >= 11 is 0. The molecule has 0 aromatic heterocycles. The molecule has 2 rings (SSSR count). The zero-order valence-corrected chi connectivity index (χ0v) is 14.2. The zero-order valence-electron chi connectivity index (χ0n) is 14.2. The molecule has 0 saturated heterocycles. The summed E-state index contributed by atoms with van der Waals surface area (Å²) in [5.74, 6) is 0. The van der Waals surface area contributed by atoms with Crippen LogP contribution < -0.4 is 0 Å². The van der Waals surface area contributed by atoms with Crippen molar-refractivity contribution in [2.75, 3.05) is 0 Å². The zero-order chi connectivity index (χ0) is 16.2. The van der Waals surface area contributed by atoms with Crippen molar-refractivity contribution >= 4 is 0 Å². The Balaban J connectivity index is 2.11. The van der Waals surface area contributed by atoms with Crippen molar-refractivity contribution in [3.05, 3.63) is 71.3 Å². The van der Waals surface area contributed by atoms with Crippen molar-refractivity contribution in [2.24, 2.45) is 0 Å². The van der Waals surface area contributed by atoms with Crippen LogP contribution in [0.4, 0.5) is 0 Å². The molecule has 2 aromatic carbocycles. The summed E-state index contributed by atoms with van der Waals surface area (Å²) in [6.45, 7) is 10.2. The predicted octanol–water partition coefficient (Wildman–Crippen LogP) is 5.37. The molecular formula is C20H26O2. The molecule has 0 fully saturated rings. The number of benzene rings is 2. The monoisotopic (exact) mass is 298 g/mol. The van der Waals surface area contributed by atoms with E-state index in [4.69, 9.17) is 9.78 Å². The molecule has 0 atom stereocenters. The van der Waals surface area contributed by atoms with Crippen molar-refractivity contribution in [3.63, 3.8) is 0 Å². The van der Waals surface area contributed by atoms with Crippen LogP contribution in [0, 0.1) is 0 Å². The SMILES string of the molecule is CCc1cccc(C(C)(C)OOC(C)(C)c2ccccc2)c1. The van der Waals surface area contributed by atoms with Gasteiger partial charge in [0.05, 0.1) is 0 Å². The summed E-state index contributed by atoms with van der Waals surface area (Å²) in [7, 11) is 0. The molecule has 0 unspecified atom stereocenters. The van der Waals surface area contributed by atoms with Crippen LogP contribution in [0.3, 0.4) is 0 Å². The third kappa shape index (κ3) is 3.96. The Morgan fingerprint density at radius 2 is 1.27 bits per heavy atom. The fraction of sp³-hybridized carbons (Fsp3) is 0.400. The summed E-state index contributed by atoms with van der Waals surface area (Å²) in [4.78, 5) is 11.6. The van der Waals surface area contributed by atoms with Crippen LogP contribution in [0.1, 0.15) is 51.3 Å². The summed E-state index contributed by atoms with van der Waals surface area (Å²) in [5.41, 5.74) is 2.51. The van der Waals surface area contributed by atoms with Gasteiger partial charge in [0.25, 0.3) is 0 Å². The summed E-state index contributed by atoms with van der Waals surface area (Å²) in [6.07, 6.45) is 1.01. The molecule has 0 heterocycles. The highest BCUT2D eigenvalue weighted by Gasteiger charge is 2.29. The second kappa shape index (κ2) is 6.64. The maximum absolute atomic E-state index is 5.83. The van der Waals surface area contributed by atoms with E-state index in [1.165, 1.54) is 5.56 Å². The van der Waals surface area contributed by atoms with Crippen molar-refractivity contribution in [1.29, 1.82) is 0 Å². The Bertz CT molecular complexity index is 600. The molecule has 0 saturated carbocycles. The van der Waals surface area contributed by atoms with Gasteiger partial charge in [-0.15, -0.1) is 0 Å². The van der Waals surface area contributed by atoms with Crippen LogP contribution in [-0.2, 0) is 27.4 Å². The molecule has 0 amide bonds. The molecule has 0 radical (unpaired) electrons. The number of aryl methyl sites for hydroxylation is 1. The molecule has 22 heavy (non-hydrogen) atoms. The van der Waals surface area contributed by atoms with Crippen LogP contribution in [0.15, 0.2) is 54.6 Å². The van der Waals surface area contributed by atoms with Crippen LogP contribution in [0.5, 0.6) is 0 Å². The van der Waals surface area contributed by atoms with E-state index in [9.17, 15) is 0 Å². The normalized spacial score (nSPS) is 12.4. The highest BCUT2D eigenvalue weighted by Crippen LogP contribution is 2.31. The predicted molar refractivity (Wildman–Crippen MR) is 90.5 cm³/mol. The molecule has 118 valence electrons. The lowest BCUT2D eigenvalue weighted by Crippen LogP contribution is -2.29. The van der Waals surface area contributed by atoms with Gasteiger partial charge in [-0.25, -0.2) is 9.78 Å². The van der Waals surface area contributed by atoms with E-state index in [1.54, 1.807) is 0 Å². The van der Waals surface area contributed by atoms with Gasteiger partial charge >= 0.3 is 0 Å².